The fraction of sp³-hybridized carbons (Fsp3) is 0.645. The van der Waals surface area contributed by atoms with Crippen LogP contribution in [0.1, 0.15) is 82.5 Å². The first-order chi connectivity index (χ1) is 19.0. The number of methoxy groups -OCH3 is 1. The molecule has 8 nitrogen and oxygen atoms in total. The Labute approximate surface area is 235 Å². The Balaban J connectivity index is 1.30. The van der Waals surface area contributed by atoms with Gasteiger partial charge in [-0.1, -0.05) is 31.9 Å². The first kappa shape index (κ1) is 28.4. The van der Waals surface area contributed by atoms with Gasteiger partial charge in [-0.05, 0) is 63.4 Å². The van der Waals surface area contributed by atoms with E-state index in [0.717, 1.165) is 25.3 Å². The molecule has 0 aromatic heterocycles. The molecule has 5 rings (SSSR count). The topological polar surface area (TPSA) is 114 Å². The van der Waals surface area contributed by atoms with E-state index in [1.807, 2.05) is 0 Å². The normalized spacial score (nSPS) is 31.7. The maximum atomic E-state index is 15.0. The Morgan fingerprint density at radius 2 is 1.80 bits per heavy atom. The van der Waals surface area contributed by atoms with Gasteiger partial charge in [0, 0.05) is 30.5 Å². The first-order valence-corrected chi connectivity index (χ1v) is 14.6. The lowest BCUT2D eigenvalue weighted by Crippen LogP contribution is -2.50. The molecule has 0 spiro atoms. The van der Waals surface area contributed by atoms with Gasteiger partial charge in [0.25, 0.3) is 5.91 Å². The zero-order valence-electron chi connectivity index (χ0n) is 23.8. The molecule has 0 unspecified atom stereocenters. The van der Waals surface area contributed by atoms with Crippen molar-refractivity contribution >= 4 is 17.8 Å². The third-order valence-corrected chi connectivity index (χ3v) is 9.92. The van der Waals surface area contributed by atoms with Crippen LogP contribution in [-0.2, 0) is 9.59 Å². The predicted octanol–water partition coefficient (Wildman–Crippen LogP) is 4.86. The summed E-state index contributed by atoms with van der Waals surface area (Å²) in [5, 5.41) is 15.7. The van der Waals surface area contributed by atoms with E-state index in [4.69, 9.17) is 9.47 Å². The average molecular weight is 557 g/mol. The monoisotopic (exact) mass is 556 g/mol. The number of halogens is 1. The SMILES string of the molecule is CC[C@H]1C2=C[C@@H]2[C@H](C(=O)NCC2(C)CCC2)[C@@H]1NC(=O)c1cc(O[C@H]2CC[C@@](C)(C(=O)O)CC2)c(F)cc1OC. The number of allylic oxidation sites excluding steroid dienone is 1. The highest BCUT2D eigenvalue weighted by molar-refractivity contribution is 5.98. The van der Waals surface area contributed by atoms with Crippen molar-refractivity contribution in [2.75, 3.05) is 13.7 Å². The van der Waals surface area contributed by atoms with Crippen LogP contribution in [0.3, 0.4) is 0 Å². The molecular weight excluding hydrogens is 515 g/mol. The van der Waals surface area contributed by atoms with E-state index in [1.165, 1.54) is 25.2 Å². The number of amides is 2. The molecule has 1 aromatic carbocycles. The van der Waals surface area contributed by atoms with Crippen LogP contribution in [-0.4, -0.2) is 48.7 Å². The number of rotatable bonds is 10. The second-order valence-corrected chi connectivity index (χ2v) is 12.8. The van der Waals surface area contributed by atoms with E-state index in [2.05, 4.69) is 30.6 Å². The minimum Gasteiger partial charge on any atom is -0.496 e. The molecule has 4 aliphatic carbocycles. The molecule has 1 aromatic rings. The summed E-state index contributed by atoms with van der Waals surface area (Å²) in [6, 6.07) is 2.13. The Morgan fingerprint density at radius 3 is 2.38 bits per heavy atom. The lowest BCUT2D eigenvalue weighted by molar-refractivity contribution is -0.150. The molecule has 3 N–H and O–H groups in total. The lowest BCUT2D eigenvalue weighted by Gasteiger charge is -2.39. The van der Waals surface area contributed by atoms with Crippen LogP contribution >= 0.6 is 0 Å². The molecule has 2 amide bonds. The molecule has 9 heteroatoms. The van der Waals surface area contributed by atoms with E-state index in [1.54, 1.807) is 6.92 Å². The minimum absolute atomic E-state index is 0.0358. The van der Waals surface area contributed by atoms with Crippen LogP contribution in [0.2, 0.25) is 0 Å². The predicted molar refractivity (Wildman–Crippen MR) is 147 cm³/mol. The summed E-state index contributed by atoms with van der Waals surface area (Å²) in [6.45, 7) is 6.61. The average Bonchev–Trinajstić information content (AvgIpc) is 3.62. The third-order valence-electron chi connectivity index (χ3n) is 9.92. The van der Waals surface area contributed by atoms with Gasteiger partial charge in [0.15, 0.2) is 11.6 Å². The number of fused-ring (bicyclic) bond motifs is 1. The van der Waals surface area contributed by atoms with Crippen LogP contribution < -0.4 is 20.1 Å². The number of hydrogen-bond donors (Lipinski definition) is 3. The van der Waals surface area contributed by atoms with Gasteiger partial charge >= 0.3 is 5.97 Å². The standard InChI is InChI=1S/C31H41FN2O6/c1-5-18-19-13-20(19)25(28(36)33-16-30(2)9-6-10-30)26(18)34-27(35)21-14-24(22(32)15-23(21)39-4)40-17-7-11-31(3,12-8-17)29(37)38/h13-15,17-18,20,25-26H,5-12,16H2,1-4H3,(H,33,36)(H,34,35)(H,37,38)/t17-,18-,20-,25-,26+,31+/m0/s1. The summed E-state index contributed by atoms with van der Waals surface area (Å²) in [5.74, 6) is -2.19. The maximum absolute atomic E-state index is 15.0. The summed E-state index contributed by atoms with van der Waals surface area (Å²) in [4.78, 5) is 38.6. The molecule has 0 saturated heterocycles. The molecule has 0 radical (unpaired) electrons. The molecule has 4 aliphatic rings. The van der Waals surface area contributed by atoms with Crippen molar-refractivity contribution in [3.8, 4) is 11.5 Å². The highest BCUT2D eigenvalue weighted by Gasteiger charge is 2.55. The summed E-state index contributed by atoms with van der Waals surface area (Å²) < 4.78 is 26.3. The molecule has 40 heavy (non-hydrogen) atoms. The number of carboxylic acids is 1. The number of benzene rings is 1. The van der Waals surface area contributed by atoms with Crippen LogP contribution in [0, 0.1) is 34.4 Å². The van der Waals surface area contributed by atoms with Crippen LogP contribution in [0.15, 0.2) is 23.8 Å². The van der Waals surface area contributed by atoms with Gasteiger partial charge in [-0.15, -0.1) is 0 Å². The number of carbonyl (C=O) groups excluding carboxylic acids is 2. The zero-order chi connectivity index (χ0) is 28.8. The van der Waals surface area contributed by atoms with Crippen molar-refractivity contribution in [2.45, 2.75) is 84.3 Å². The number of hydrogen-bond acceptors (Lipinski definition) is 5. The molecule has 0 aliphatic heterocycles. The Hall–Kier alpha value is -3.10. The highest BCUT2D eigenvalue weighted by atomic mass is 19.1. The second-order valence-electron chi connectivity index (χ2n) is 12.8. The fourth-order valence-electron chi connectivity index (χ4n) is 6.84. The number of carbonyl (C=O) groups is 3. The van der Waals surface area contributed by atoms with E-state index >= 15 is 0 Å². The number of nitrogens with one attached hydrogen (secondary N) is 2. The molecule has 4 atom stereocenters. The summed E-state index contributed by atoms with van der Waals surface area (Å²) in [6.07, 6.45) is 7.79. The number of ether oxygens (including phenoxy) is 2. The maximum Gasteiger partial charge on any atom is 0.309 e. The number of aliphatic carboxylic acids is 1. The van der Waals surface area contributed by atoms with E-state index in [-0.39, 0.29) is 58.3 Å². The van der Waals surface area contributed by atoms with Crippen LogP contribution in [0.5, 0.6) is 11.5 Å². The summed E-state index contributed by atoms with van der Waals surface area (Å²) >= 11 is 0. The quantitative estimate of drug-likeness (QED) is 0.355. The van der Waals surface area contributed by atoms with E-state index in [9.17, 15) is 23.9 Å². The minimum atomic E-state index is -0.838. The third kappa shape index (κ3) is 5.31. The second kappa shape index (κ2) is 10.7. The molecular formula is C31H41FN2O6. The largest absolute Gasteiger partial charge is 0.496 e. The van der Waals surface area contributed by atoms with E-state index < -0.39 is 23.1 Å². The molecule has 0 bridgehead atoms. The molecule has 0 heterocycles. The van der Waals surface area contributed by atoms with Gasteiger partial charge in [0.2, 0.25) is 5.91 Å². The van der Waals surface area contributed by atoms with Crippen molar-refractivity contribution in [3.05, 3.63) is 35.2 Å². The Morgan fingerprint density at radius 1 is 1.10 bits per heavy atom. The van der Waals surface area contributed by atoms with Crippen molar-refractivity contribution in [2.24, 2.45) is 28.6 Å². The molecule has 3 fully saturated rings. The Bertz CT molecular complexity index is 1220. The van der Waals surface area contributed by atoms with Gasteiger partial charge in [0.1, 0.15) is 5.75 Å². The van der Waals surface area contributed by atoms with Crippen molar-refractivity contribution in [3.63, 3.8) is 0 Å². The molecule has 3 saturated carbocycles. The van der Waals surface area contributed by atoms with Gasteiger partial charge in [-0.25, -0.2) is 4.39 Å². The van der Waals surface area contributed by atoms with Gasteiger partial charge in [-0.3, -0.25) is 14.4 Å². The highest BCUT2D eigenvalue weighted by Crippen LogP contribution is 2.54. The summed E-state index contributed by atoms with van der Waals surface area (Å²) in [7, 11) is 1.38. The first-order valence-electron chi connectivity index (χ1n) is 14.6. The van der Waals surface area contributed by atoms with Crippen LogP contribution in [0.4, 0.5) is 4.39 Å². The molecule has 218 valence electrons. The zero-order valence-corrected chi connectivity index (χ0v) is 23.8. The van der Waals surface area contributed by atoms with Gasteiger partial charge < -0.3 is 25.2 Å². The summed E-state index contributed by atoms with van der Waals surface area (Å²) in [5.41, 5.74) is 0.702. The smallest absolute Gasteiger partial charge is 0.309 e. The Kier molecular flexibility index (Phi) is 7.61. The van der Waals surface area contributed by atoms with Crippen molar-refractivity contribution < 1.29 is 33.4 Å². The van der Waals surface area contributed by atoms with Gasteiger partial charge in [0.05, 0.1) is 30.1 Å². The van der Waals surface area contributed by atoms with Crippen molar-refractivity contribution in [1.82, 2.24) is 10.6 Å². The fourth-order valence-corrected chi connectivity index (χ4v) is 6.84. The van der Waals surface area contributed by atoms with E-state index in [0.29, 0.717) is 32.2 Å². The van der Waals surface area contributed by atoms with Crippen LogP contribution in [0.25, 0.3) is 0 Å². The van der Waals surface area contributed by atoms with Crippen molar-refractivity contribution in [1.29, 1.82) is 0 Å². The number of carboxylic acid groups (broad SMARTS) is 1. The van der Waals surface area contributed by atoms with Gasteiger partial charge in [-0.2, -0.15) is 0 Å². The lowest BCUT2D eigenvalue weighted by atomic mass is 9.70.